The molecule has 0 aliphatic carbocycles. The van der Waals surface area contributed by atoms with Crippen LogP contribution in [0, 0.1) is 11.8 Å². The molecule has 0 saturated carbocycles. The van der Waals surface area contributed by atoms with E-state index in [4.69, 9.17) is 4.74 Å². The average Bonchev–Trinajstić information content (AvgIpc) is 2.90. The van der Waals surface area contributed by atoms with E-state index in [1.807, 2.05) is 6.08 Å². The van der Waals surface area contributed by atoms with Crippen molar-refractivity contribution in [2.24, 2.45) is 11.8 Å². The van der Waals surface area contributed by atoms with Crippen molar-refractivity contribution in [2.75, 3.05) is 20.2 Å². The Balaban J connectivity index is 1.60. The second-order valence-corrected chi connectivity index (χ2v) is 10.7. The van der Waals surface area contributed by atoms with Crippen molar-refractivity contribution in [3.63, 3.8) is 0 Å². The van der Waals surface area contributed by atoms with E-state index in [9.17, 15) is 31.4 Å². The van der Waals surface area contributed by atoms with Crippen molar-refractivity contribution in [3.05, 3.63) is 83.6 Å². The van der Waals surface area contributed by atoms with Crippen LogP contribution in [0.2, 0.25) is 0 Å². The molecule has 2 aromatic carbocycles. The fourth-order valence-corrected chi connectivity index (χ4v) is 6.59. The van der Waals surface area contributed by atoms with E-state index in [1.165, 1.54) is 7.11 Å². The molecule has 39 heavy (non-hydrogen) atoms. The fourth-order valence-electron chi connectivity index (χ4n) is 6.59. The smallest absolute Gasteiger partial charge is 0.416 e. The zero-order valence-electron chi connectivity index (χ0n) is 21.3. The molecule has 10 heteroatoms. The first kappa shape index (κ1) is 27.5. The molecular formula is C29H29F6N2O2+. The van der Waals surface area contributed by atoms with Crippen LogP contribution < -0.4 is 4.74 Å². The van der Waals surface area contributed by atoms with Crippen LogP contribution in [0.25, 0.3) is 10.9 Å². The Morgan fingerprint density at radius 2 is 1.77 bits per heavy atom. The fraction of sp³-hybridized carbons (Fsp3) is 0.414. The van der Waals surface area contributed by atoms with Crippen LogP contribution in [0.3, 0.4) is 0 Å². The zero-order valence-corrected chi connectivity index (χ0v) is 21.3. The summed E-state index contributed by atoms with van der Waals surface area (Å²) in [6.07, 6.45) is -6.16. The number of fused-ring (bicyclic) bond motifs is 4. The molecule has 1 aromatic heterocycles. The number of methoxy groups -OCH3 is 1. The van der Waals surface area contributed by atoms with E-state index in [-0.39, 0.29) is 34.5 Å². The largest absolute Gasteiger partial charge is 0.497 e. The summed E-state index contributed by atoms with van der Waals surface area (Å²) in [6, 6.07) is 8.34. The zero-order chi connectivity index (χ0) is 28.2. The normalized spacial score (nSPS) is 26.0. The van der Waals surface area contributed by atoms with Crippen LogP contribution in [0.15, 0.2) is 61.3 Å². The molecule has 0 spiro atoms. The second kappa shape index (κ2) is 9.82. The summed E-state index contributed by atoms with van der Waals surface area (Å²) < 4.78 is 87.2. The molecule has 2 bridgehead atoms. The molecule has 6 rings (SSSR count). The standard InChI is InChI=1S/C29H29F6N2O2/c1-3-18-16-37(15-17-10-20(28(30,31)32)13-21(11-17)29(33,34)35)9-7-19(18)12-26(37)27(38)23-6-8-36-25-5-4-22(39-2)14-24(23)25/h3-6,8,10-11,13-14,18-19,26-27,38H,1,7,9,12,15-16H2,2H3/q+1/t18-,19-,26-,27-,37+/m1/s1. The molecule has 0 unspecified atom stereocenters. The number of halogens is 6. The number of nitrogens with zero attached hydrogens (tertiary/aromatic N) is 2. The van der Waals surface area contributed by atoms with Crippen LogP contribution in [-0.2, 0) is 18.9 Å². The maximum absolute atomic E-state index is 13.6. The second-order valence-electron chi connectivity index (χ2n) is 10.7. The van der Waals surface area contributed by atoms with Gasteiger partial charge in [0.2, 0.25) is 0 Å². The molecule has 3 saturated heterocycles. The van der Waals surface area contributed by atoms with Gasteiger partial charge in [-0.1, -0.05) is 6.08 Å². The Labute approximate surface area is 222 Å². The predicted octanol–water partition coefficient (Wildman–Crippen LogP) is 6.93. The number of pyridine rings is 1. The summed E-state index contributed by atoms with van der Waals surface area (Å²) in [4.78, 5) is 4.37. The van der Waals surface area contributed by atoms with Gasteiger partial charge in [0.05, 0.1) is 36.8 Å². The highest BCUT2D eigenvalue weighted by atomic mass is 19.4. The van der Waals surface area contributed by atoms with Gasteiger partial charge in [-0.3, -0.25) is 4.98 Å². The minimum absolute atomic E-state index is 0.0457. The number of piperidine rings is 3. The third kappa shape index (κ3) is 5.12. The van der Waals surface area contributed by atoms with Crippen molar-refractivity contribution in [3.8, 4) is 5.75 Å². The Morgan fingerprint density at radius 3 is 2.38 bits per heavy atom. The maximum Gasteiger partial charge on any atom is 0.416 e. The number of hydrogen-bond acceptors (Lipinski definition) is 3. The van der Waals surface area contributed by atoms with E-state index >= 15 is 0 Å². The van der Waals surface area contributed by atoms with Gasteiger partial charge in [-0.2, -0.15) is 26.3 Å². The number of alkyl halides is 6. The molecule has 4 heterocycles. The molecule has 5 atom stereocenters. The van der Waals surface area contributed by atoms with E-state index in [0.717, 1.165) is 18.6 Å². The first-order valence-electron chi connectivity index (χ1n) is 12.7. The van der Waals surface area contributed by atoms with Gasteiger partial charge in [0, 0.05) is 35.9 Å². The minimum atomic E-state index is -4.93. The number of quaternary nitrogens is 1. The Hall–Kier alpha value is -3.11. The monoisotopic (exact) mass is 551 g/mol. The first-order valence-corrected chi connectivity index (χ1v) is 12.7. The summed E-state index contributed by atoms with van der Waals surface area (Å²) in [5.74, 6) is 0.843. The van der Waals surface area contributed by atoms with Crippen molar-refractivity contribution in [1.29, 1.82) is 0 Å². The third-order valence-corrected chi connectivity index (χ3v) is 8.49. The lowest BCUT2D eigenvalue weighted by molar-refractivity contribution is -0.984. The van der Waals surface area contributed by atoms with Crippen LogP contribution in [0.1, 0.15) is 41.2 Å². The Bertz CT molecular complexity index is 1360. The Kier molecular flexibility index (Phi) is 6.91. The quantitative estimate of drug-likeness (QED) is 0.205. The van der Waals surface area contributed by atoms with Crippen molar-refractivity contribution < 1.29 is 40.7 Å². The van der Waals surface area contributed by atoms with E-state index in [2.05, 4.69) is 11.6 Å². The van der Waals surface area contributed by atoms with Gasteiger partial charge in [0.15, 0.2) is 0 Å². The van der Waals surface area contributed by atoms with Gasteiger partial charge < -0.3 is 14.3 Å². The maximum atomic E-state index is 13.6. The number of ether oxygens (including phenoxy) is 1. The summed E-state index contributed by atoms with van der Waals surface area (Å²) in [5, 5.41) is 12.5. The molecule has 3 aliphatic heterocycles. The highest BCUT2D eigenvalue weighted by Gasteiger charge is 2.54. The molecule has 0 amide bonds. The number of aliphatic hydroxyl groups excluding tert-OH is 1. The van der Waals surface area contributed by atoms with Gasteiger partial charge in [-0.05, 0) is 53.9 Å². The van der Waals surface area contributed by atoms with Crippen molar-refractivity contribution in [2.45, 2.75) is 43.9 Å². The van der Waals surface area contributed by atoms with Gasteiger partial charge in [-0.15, -0.1) is 6.58 Å². The SMILES string of the molecule is C=C[C@@H]1C[N@@+]2(Cc3cc(C(F)(F)F)cc(C(F)(F)F)c3)CC[C@@H]1C[C@@H]2[C@H](O)c1ccnc2ccc(OC)cc12. The van der Waals surface area contributed by atoms with Gasteiger partial charge >= 0.3 is 12.4 Å². The van der Waals surface area contributed by atoms with Crippen LogP contribution in [0.4, 0.5) is 26.3 Å². The molecular weight excluding hydrogens is 522 g/mol. The third-order valence-electron chi connectivity index (χ3n) is 8.49. The lowest BCUT2D eigenvalue weighted by Gasteiger charge is -2.58. The molecule has 1 N–H and O–H groups in total. The first-order chi connectivity index (χ1) is 18.3. The molecule has 3 fully saturated rings. The molecule has 208 valence electrons. The van der Waals surface area contributed by atoms with Crippen molar-refractivity contribution >= 4 is 10.9 Å². The lowest BCUT2D eigenvalue weighted by Crippen LogP contribution is -2.67. The summed E-state index contributed by atoms with van der Waals surface area (Å²) in [5.41, 5.74) is -1.47. The van der Waals surface area contributed by atoms with Gasteiger partial charge in [-0.25, -0.2) is 0 Å². The van der Waals surface area contributed by atoms with Gasteiger partial charge in [0.25, 0.3) is 0 Å². The molecule has 4 nitrogen and oxygen atoms in total. The summed E-state index contributed by atoms with van der Waals surface area (Å²) >= 11 is 0. The number of aliphatic hydroxyl groups is 1. The Morgan fingerprint density at radius 1 is 1.08 bits per heavy atom. The molecule has 3 aliphatic rings. The predicted molar refractivity (Wildman–Crippen MR) is 134 cm³/mol. The number of aromatic nitrogens is 1. The van der Waals surface area contributed by atoms with Crippen LogP contribution in [-0.4, -0.2) is 40.8 Å². The van der Waals surface area contributed by atoms with Gasteiger partial charge in [0.1, 0.15) is 24.4 Å². The topological polar surface area (TPSA) is 42.4 Å². The van der Waals surface area contributed by atoms with Crippen molar-refractivity contribution in [1.82, 2.24) is 4.98 Å². The van der Waals surface area contributed by atoms with E-state index in [1.54, 1.807) is 30.5 Å². The molecule has 0 radical (unpaired) electrons. The number of hydrogen-bond donors (Lipinski definition) is 1. The highest BCUT2D eigenvalue weighted by Crippen LogP contribution is 2.48. The lowest BCUT2D eigenvalue weighted by atomic mass is 9.71. The number of rotatable bonds is 6. The van der Waals surface area contributed by atoms with Crippen LogP contribution >= 0.6 is 0 Å². The average molecular weight is 552 g/mol. The van der Waals surface area contributed by atoms with E-state index in [0.29, 0.717) is 41.7 Å². The van der Waals surface area contributed by atoms with E-state index < -0.39 is 35.6 Å². The van der Waals surface area contributed by atoms with Crippen LogP contribution in [0.5, 0.6) is 5.75 Å². The summed E-state index contributed by atoms with van der Waals surface area (Å²) in [7, 11) is 1.53. The molecule has 3 aromatic rings. The minimum Gasteiger partial charge on any atom is -0.497 e. The highest BCUT2D eigenvalue weighted by molar-refractivity contribution is 5.83. The number of benzene rings is 2. The summed E-state index contributed by atoms with van der Waals surface area (Å²) in [6.45, 7) is 4.86.